The zero-order valence-electron chi connectivity index (χ0n) is 7.00. The maximum atomic E-state index is 9.16. The highest BCUT2D eigenvalue weighted by Crippen LogP contribution is 2.48. The molecule has 0 saturated heterocycles. The van der Waals surface area contributed by atoms with E-state index < -0.39 is 7.94 Å². The van der Waals surface area contributed by atoms with Crippen molar-refractivity contribution < 1.29 is 14.7 Å². The van der Waals surface area contributed by atoms with Crippen LogP contribution >= 0.6 is 55.7 Å². The fourth-order valence-electron chi connectivity index (χ4n) is 0.892. The number of hydrogen-bond donors (Lipinski definition) is 3. The van der Waals surface area contributed by atoms with Crippen molar-refractivity contribution in [3.05, 3.63) is 25.0 Å². The normalized spacial score (nSPS) is 11.9. The Kier molecular flexibility index (Phi) is 4.15. The van der Waals surface area contributed by atoms with Gasteiger partial charge in [-0.2, -0.15) is 14.7 Å². The van der Waals surface area contributed by atoms with Gasteiger partial charge in [0.15, 0.2) is 5.30 Å². The predicted octanol–water partition coefficient (Wildman–Crippen LogP) is 2.65. The summed E-state index contributed by atoms with van der Waals surface area (Å²) in [5.74, 6) is 0. The molecule has 0 aliphatic rings. The van der Waals surface area contributed by atoms with E-state index in [0.29, 0.717) is 13.4 Å². The van der Waals surface area contributed by atoms with Crippen LogP contribution in [0, 0.1) is 6.92 Å². The first kappa shape index (κ1) is 13.0. The van der Waals surface area contributed by atoms with Crippen molar-refractivity contribution in [2.45, 2.75) is 6.92 Å². The molecule has 0 aliphatic heterocycles. The molecule has 0 radical (unpaired) electrons. The van der Waals surface area contributed by atoms with Crippen molar-refractivity contribution in [2.24, 2.45) is 0 Å². The lowest BCUT2D eigenvalue weighted by Gasteiger charge is -2.10. The molecule has 7 heteroatoms. The molecule has 1 aromatic carbocycles. The van der Waals surface area contributed by atoms with Gasteiger partial charge in [-0.15, -0.1) is 0 Å². The Morgan fingerprint density at radius 2 is 1.57 bits per heavy atom. The topological polar surface area (TPSA) is 60.7 Å². The van der Waals surface area contributed by atoms with Crippen LogP contribution in [0.2, 0.25) is 0 Å². The Morgan fingerprint density at radius 1 is 1.07 bits per heavy atom. The zero-order valence-corrected chi connectivity index (χ0v) is 12.7. The first-order valence-corrected chi connectivity index (χ1v) is 7.49. The Labute approximate surface area is 107 Å². The molecule has 0 bridgehead atoms. The molecule has 3 nitrogen and oxygen atoms in total. The second-order valence-electron chi connectivity index (χ2n) is 2.70. The Bertz CT molecular complexity index is 375. The Morgan fingerprint density at radius 3 is 2.00 bits per heavy atom. The van der Waals surface area contributed by atoms with Crippen LogP contribution in [0.1, 0.15) is 5.56 Å². The van der Waals surface area contributed by atoms with Gasteiger partial charge in [-0.25, -0.2) is 0 Å². The second kappa shape index (κ2) is 4.45. The van der Waals surface area contributed by atoms with Crippen molar-refractivity contribution in [3.63, 3.8) is 0 Å². The standard InChI is InChI=1S/C7H7Br3O3P/c1-3-4(8)2-5(14(11,12)13)7(10)6(3)9/h2,11-13H,1H3/q+1. The molecule has 0 heterocycles. The zero-order chi connectivity index (χ0) is 11.1. The summed E-state index contributed by atoms with van der Waals surface area (Å²) in [6.07, 6.45) is 0. The van der Waals surface area contributed by atoms with Gasteiger partial charge in [0.2, 0.25) is 0 Å². The first-order chi connectivity index (χ1) is 6.25. The van der Waals surface area contributed by atoms with Crippen LogP contribution in [0.3, 0.4) is 0 Å². The first-order valence-electron chi connectivity index (χ1n) is 3.47. The van der Waals surface area contributed by atoms with Crippen LogP contribution in [0.4, 0.5) is 0 Å². The minimum absolute atomic E-state index is 0.0850. The van der Waals surface area contributed by atoms with E-state index in [1.165, 1.54) is 6.07 Å². The van der Waals surface area contributed by atoms with Crippen molar-refractivity contribution in [1.29, 1.82) is 0 Å². The van der Waals surface area contributed by atoms with Crippen LogP contribution in [-0.2, 0) is 0 Å². The average Bonchev–Trinajstić information content (AvgIpc) is 2.06. The molecule has 1 aromatic rings. The molecule has 0 aromatic heterocycles. The number of benzene rings is 1. The minimum atomic E-state index is -3.99. The van der Waals surface area contributed by atoms with E-state index >= 15 is 0 Å². The van der Waals surface area contributed by atoms with E-state index in [4.69, 9.17) is 14.7 Å². The molecule has 1 rings (SSSR count). The van der Waals surface area contributed by atoms with Crippen LogP contribution in [0.25, 0.3) is 0 Å². The van der Waals surface area contributed by atoms with Crippen LogP contribution < -0.4 is 5.30 Å². The van der Waals surface area contributed by atoms with Gasteiger partial charge in [-0.05, 0) is 44.3 Å². The fourth-order valence-corrected chi connectivity index (χ4v) is 4.15. The monoisotopic (exact) mass is 407 g/mol. The van der Waals surface area contributed by atoms with Crippen molar-refractivity contribution in [2.75, 3.05) is 0 Å². The fraction of sp³-hybridized carbons (Fsp3) is 0.143. The molecular formula is C7H7Br3O3P+. The lowest BCUT2D eigenvalue weighted by Crippen LogP contribution is -2.12. The molecule has 14 heavy (non-hydrogen) atoms. The molecule has 0 spiro atoms. The lowest BCUT2D eigenvalue weighted by molar-refractivity contribution is 0.347. The quantitative estimate of drug-likeness (QED) is 0.493. The third kappa shape index (κ3) is 2.55. The second-order valence-corrected chi connectivity index (χ2v) is 6.76. The molecule has 0 amide bonds. The maximum absolute atomic E-state index is 9.16. The summed E-state index contributed by atoms with van der Waals surface area (Å²) in [5, 5.41) is 0.0850. The van der Waals surface area contributed by atoms with Crippen LogP contribution in [0.15, 0.2) is 19.5 Å². The summed E-state index contributed by atoms with van der Waals surface area (Å²) in [5.41, 5.74) is 0.911. The summed E-state index contributed by atoms with van der Waals surface area (Å²) in [7, 11) is -3.99. The highest BCUT2D eigenvalue weighted by Gasteiger charge is 2.38. The van der Waals surface area contributed by atoms with Gasteiger partial charge in [0, 0.05) is 15.0 Å². The summed E-state index contributed by atoms with van der Waals surface area (Å²) < 4.78 is 1.84. The van der Waals surface area contributed by atoms with E-state index in [9.17, 15) is 0 Å². The summed E-state index contributed by atoms with van der Waals surface area (Å²) in [6, 6.07) is 1.48. The molecule has 0 unspecified atom stereocenters. The van der Waals surface area contributed by atoms with E-state index in [1.54, 1.807) is 0 Å². The highest BCUT2D eigenvalue weighted by molar-refractivity contribution is 9.13. The molecule has 0 saturated carbocycles. The molecule has 0 aliphatic carbocycles. The lowest BCUT2D eigenvalue weighted by atomic mass is 10.2. The van der Waals surface area contributed by atoms with Gasteiger partial charge < -0.3 is 0 Å². The maximum Gasteiger partial charge on any atom is 0.442 e. The summed E-state index contributed by atoms with van der Waals surface area (Å²) in [4.78, 5) is 27.5. The molecular weight excluding hydrogens is 403 g/mol. The Balaban J connectivity index is 3.49. The minimum Gasteiger partial charge on any atom is -0.189 e. The summed E-state index contributed by atoms with van der Waals surface area (Å²) in [6.45, 7) is 1.86. The van der Waals surface area contributed by atoms with Crippen molar-refractivity contribution in [3.8, 4) is 0 Å². The molecule has 3 N–H and O–H groups in total. The van der Waals surface area contributed by atoms with Gasteiger partial charge in [0.05, 0.1) is 4.47 Å². The van der Waals surface area contributed by atoms with Gasteiger partial charge in [0.25, 0.3) is 0 Å². The van der Waals surface area contributed by atoms with E-state index in [-0.39, 0.29) is 5.30 Å². The predicted molar refractivity (Wildman–Crippen MR) is 67.5 cm³/mol. The largest absolute Gasteiger partial charge is 0.442 e. The van der Waals surface area contributed by atoms with Gasteiger partial charge >= 0.3 is 7.94 Å². The van der Waals surface area contributed by atoms with E-state index in [1.807, 2.05) is 6.92 Å². The smallest absolute Gasteiger partial charge is 0.189 e. The number of hydrogen-bond acceptors (Lipinski definition) is 3. The summed E-state index contributed by atoms with van der Waals surface area (Å²) >= 11 is 9.72. The number of rotatable bonds is 1. The molecule has 78 valence electrons. The average molecular weight is 410 g/mol. The van der Waals surface area contributed by atoms with Crippen molar-refractivity contribution >= 4 is 61.0 Å². The van der Waals surface area contributed by atoms with Gasteiger partial charge in [-0.3, -0.25) is 0 Å². The Hall–Kier alpha value is 0.970. The third-order valence-corrected chi connectivity index (χ3v) is 6.17. The SMILES string of the molecule is Cc1c(Br)cc([P+](O)(O)O)c(Br)c1Br. The van der Waals surface area contributed by atoms with Crippen LogP contribution in [-0.4, -0.2) is 14.7 Å². The van der Waals surface area contributed by atoms with Gasteiger partial charge in [-0.1, -0.05) is 15.9 Å². The van der Waals surface area contributed by atoms with Crippen molar-refractivity contribution in [1.82, 2.24) is 0 Å². The van der Waals surface area contributed by atoms with E-state index in [0.717, 1.165) is 5.56 Å². The number of halogens is 3. The molecule has 0 atom stereocenters. The van der Waals surface area contributed by atoms with Gasteiger partial charge in [0.1, 0.15) is 0 Å². The molecule has 0 fully saturated rings. The highest BCUT2D eigenvalue weighted by atomic mass is 79.9. The third-order valence-electron chi connectivity index (χ3n) is 1.69. The van der Waals surface area contributed by atoms with E-state index in [2.05, 4.69) is 47.8 Å². The van der Waals surface area contributed by atoms with Crippen LogP contribution in [0.5, 0.6) is 0 Å².